The first kappa shape index (κ1) is 25.3. The molecule has 0 spiro atoms. The Balaban J connectivity index is 1.32. The number of rotatable bonds is 4. The summed E-state index contributed by atoms with van der Waals surface area (Å²) in [6.45, 7) is 0. The molecule has 4 heteroatoms. The highest BCUT2D eigenvalue weighted by Gasteiger charge is 2.15. The summed E-state index contributed by atoms with van der Waals surface area (Å²) < 4.78 is 0. The summed E-state index contributed by atoms with van der Waals surface area (Å²) in [5, 5.41) is 7.41. The summed E-state index contributed by atoms with van der Waals surface area (Å²) in [6.07, 6.45) is 0. The van der Waals surface area contributed by atoms with Crippen molar-refractivity contribution in [3.8, 4) is 45.0 Å². The first-order chi connectivity index (χ1) is 21.2. The summed E-state index contributed by atoms with van der Waals surface area (Å²) in [4.78, 5) is 14.2. The van der Waals surface area contributed by atoms with Crippen LogP contribution in [0, 0.1) is 0 Å². The maximum absolute atomic E-state index is 6.59. The van der Waals surface area contributed by atoms with Crippen LogP contribution in [0.25, 0.3) is 77.3 Å². The molecule has 0 aliphatic heterocycles. The van der Waals surface area contributed by atoms with Crippen molar-refractivity contribution in [3.05, 3.63) is 151 Å². The smallest absolute Gasteiger partial charge is 0.208 e. The summed E-state index contributed by atoms with van der Waals surface area (Å²) in [5.74, 6) is 1.08. The van der Waals surface area contributed by atoms with Crippen molar-refractivity contribution in [2.75, 3.05) is 0 Å². The van der Waals surface area contributed by atoms with Crippen LogP contribution < -0.4 is 0 Å². The quantitative estimate of drug-likeness (QED) is 0.198. The number of nitrogens with zero attached hydrogens (tertiary/aromatic N) is 3. The van der Waals surface area contributed by atoms with Gasteiger partial charge in [-0.1, -0.05) is 121 Å². The monoisotopic (exact) mass is 569 g/mol. The largest absolute Gasteiger partial charge is 0.226 e. The maximum atomic E-state index is 6.59. The predicted molar refractivity (Wildman–Crippen MR) is 179 cm³/mol. The van der Waals surface area contributed by atoms with E-state index >= 15 is 0 Å². The van der Waals surface area contributed by atoms with Gasteiger partial charge in [-0.15, -0.1) is 0 Å². The molecule has 0 saturated heterocycles. The molecule has 3 nitrogen and oxygen atoms in total. The van der Waals surface area contributed by atoms with Gasteiger partial charge in [0.2, 0.25) is 5.28 Å². The lowest BCUT2D eigenvalue weighted by Gasteiger charge is -2.13. The van der Waals surface area contributed by atoms with E-state index in [0.29, 0.717) is 11.6 Å². The predicted octanol–water partition coefficient (Wildman–Crippen LogP) is 10.7. The number of halogens is 1. The zero-order valence-electron chi connectivity index (χ0n) is 23.1. The van der Waals surface area contributed by atoms with Crippen molar-refractivity contribution in [2.45, 2.75) is 0 Å². The minimum Gasteiger partial charge on any atom is -0.208 e. The molecule has 43 heavy (non-hydrogen) atoms. The molecule has 0 N–H and O–H groups in total. The number of benzene rings is 7. The molecular weight excluding hydrogens is 546 g/mol. The maximum Gasteiger partial charge on any atom is 0.226 e. The highest BCUT2D eigenvalue weighted by atomic mass is 35.5. The van der Waals surface area contributed by atoms with E-state index in [0.717, 1.165) is 38.8 Å². The Morgan fingerprint density at radius 1 is 0.302 bits per heavy atom. The molecule has 7 aromatic carbocycles. The van der Waals surface area contributed by atoms with Gasteiger partial charge >= 0.3 is 0 Å². The zero-order chi connectivity index (χ0) is 28.8. The van der Waals surface area contributed by atoms with Crippen LogP contribution in [0.3, 0.4) is 0 Å². The highest BCUT2D eigenvalue weighted by Crippen LogP contribution is 2.37. The molecule has 202 valence electrons. The molecule has 0 saturated carbocycles. The van der Waals surface area contributed by atoms with Gasteiger partial charge in [0.05, 0.1) is 0 Å². The van der Waals surface area contributed by atoms with Gasteiger partial charge in [-0.25, -0.2) is 4.98 Å². The minimum absolute atomic E-state index is 0.162. The molecule has 1 heterocycles. The molecular formula is C39H24ClN3. The summed E-state index contributed by atoms with van der Waals surface area (Å²) in [5.41, 5.74) is 6.17. The molecule has 0 atom stereocenters. The Labute approximate surface area is 254 Å². The lowest BCUT2D eigenvalue weighted by molar-refractivity contribution is 1.07. The molecule has 8 aromatic rings. The van der Waals surface area contributed by atoms with Crippen LogP contribution in [0.4, 0.5) is 0 Å². The summed E-state index contributed by atoms with van der Waals surface area (Å²) in [7, 11) is 0. The lowest BCUT2D eigenvalue weighted by Crippen LogP contribution is -1.98. The van der Waals surface area contributed by atoms with Crippen LogP contribution >= 0.6 is 11.6 Å². The highest BCUT2D eigenvalue weighted by molar-refractivity contribution is 6.28. The molecule has 0 aliphatic rings. The van der Waals surface area contributed by atoms with E-state index in [1.165, 1.54) is 26.9 Å². The molecule has 0 unspecified atom stereocenters. The zero-order valence-corrected chi connectivity index (χ0v) is 23.8. The van der Waals surface area contributed by atoms with E-state index in [-0.39, 0.29) is 5.28 Å². The fourth-order valence-electron chi connectivity index (χ4n) is 6.01. The fourth-order valence-corrected chi connectivity index (χ4v) is 6.17. The first-order valence-corrected chi connectivity index (χ1v) is 14.6. The minimum atomic E-state index is 0.162. The summed E-state index contributed by atoms with van der Waals surface area (Å²) in [6, 6.07) is 50.7. The lowest BCUT2D eigenvalue weighted by atomic mass is 9.93. The third-order valence-electron chi connectivity index (χ3n) is 8.02. The van der Waals surface area contributed by atoms with E-state index in [9.17, 15) is 0 Å². The van der Waals surface area contributed by atoms with Crippen LogP contribution in [0.15, 0.2) is 146 Å². The second kappa shape index (κ2) is 10.5. The molecule has 1 aromatic heterocycles. The van der Waals surface area contributed by atoms with Crippen LogP contribution in [-0.2, 0) is 0 Å². The number of hydrogen-bond donors (Lipinski definition) is 0. The van der Waals surface area contributed by atoms with Crippen molar-refractivity contribution in [1.82, 2.24) is 15.0 Å². The van der Waals surface area contributed by atoms with Crippen LogP contribution in [-0.4, -0.2) is 15.0 Å². The van der Waals surface area contributed by atoms with Gasteiger partial charge in [-0.3, -0.25) is 0 Å². The van der Waals surface area contributed by atoms with Gasteiger partial charge in [0.25, 0.3) is 0 Å². The van der Waals surface area contributed by atoms with E-state index in [1.807, 2.05) is 12.1 Å². The molecule has 8 rings (SSSR count). The van der Waals surface area contributed by atoms with Gasteiger partial charge < -0.3 is 0 Å². The van der Waals surface area contributed by atoms with Crippen LogP contribution in [0.1, 0.15) is 0 Å². The SMILES string of the molecule is Clc1nc(-c2cc(-c3ccccc3)cc(-c3ccccc3)c2)nc(-c2ccc3c4ccccc4c4ccccc4c3c2)n1. The molecule has 0 aliphatic carbocycles. The number of fused-ring (bicyclic) bond motifs is 6. The van der Waals surface area contributed by atoms with Crippen molar-refractivity contribution < 1.29 is 0 Å². The second-order valence-electron chi connectivity index (χ2n) is 10.6. The molecule has 0 bridgehead atoms. The second-order valence-corrected chi connectivity index (χ2v) is 11.0. The third-order valence-corrected chi connectivity index (χ3v) is 8.19. The summed E-state index contributed by atoms with van der Waals surface area (Å²) >= 11 is 6.59. The standard InChI is InChI=1S/C39H24ClN3/c40-39-42-37(27-19-20-35-33-17-8-7-15-31(33)32-16-9-10-18-34(32)36(35)24-27)41-38(43-39)30-22-28(25-11-3-1-4-12-25)21-29(23-30)26-13-5-2-6-14-26/h1-24H. The van der Waals surface area contributed by atoms with Crippen LogP contribution in [0.5, 0.6) is 0 Å². The van der Waals surface area contributed by atoms with Crippen LogP contribution in [0.2, 0.25) is 5.28 Å². The Bertz CT molecular complexity index is 2200. The van der Waals surface area contributed by atoms with E-state index in [4.69, 9.17) is 16.6 Å². The van der Waals surface area contributed by atoms with Gasteiger partial charge in [-0.05, 0) is 90.4 Å². The third kappa shape index (κ3) is 4.61. The average Bonchev–Trinajstić information content (AvgIpc) is 3.08. The fraction of sp³-hybridized carbons (Fsp3) is 0. The Morgan fingerprint density at radius 3 is 1.26 bits per heavy atom. The van der Waals surface area contributed by atoms with Gasteiger partial charge in [0.15, 0.2) is 11.6 Å². The first-order valence-electron chi connectivity index (χ1n) is 14.2. The molecule has 0 fully saturated rings. The van der Waals surface area contributed by atoms with Crippen molar-refractivity contribution in [2.24, 2.45) is 0 Å². The Kier molecular flexibility index (Phi) is 6.17. The van der Waals surface area contributed by atoms with Crippen molar-refractivity contribution >= 4 is 43.9 Å². The topological polar surface area (TPSA) is 38.7 Å². The Hall–Kier alpha value is -5.38. The van der Waals surface area contributed by atoms with Crippen molar-refractivity contribution in [3.63, 3.8) is 0 Å². The van der Waals surface area contributed by atoms with E-state index in [2.05, 4.69) is 143 Å². The normalized spacial score (nSPS) is 11.4. The number of aromatic nitrogens is 3. The van der Waals surface area contributed by atoms with Gasteiger partial charge in [0.1, 0.15) is 0 Å². The van der Waals surface area contributed by atoms with Crippen molar-refractivity contribution in [1.29, 1.82) is 0 Å². The Morgan fingerprint density at radius 2 is 0.721 bits per heavy atom. The van der Waals surface area contributed by atoms with Gasteiger partial charge in [0, 0.05) is 11.1 Å². The molecule has 0 amide bonds. The molecule has 0 radical (unpaired) electrons. The van der Waals surface area contributed by atoms with E-state index < -0.39 is 0 Å². The number of hydrogen-bond acceptors (Lipinski definition) is 3. The average molecular weight is 570 g/mol. The van der Waals surface area contributed by atoms with Gasteiger partial charge in [-0.2, -0.15) is 9.97 Å². The van der Waals surface area contributed by atoms with E-state index in [1.54, 1.807) is 0 Å².